The average Bonchev–Trinajstić information content (AvgIpc) is 2.86. The molecular weight excluding hydrogens is 216 g/mol. The van der Waals surface area contributed by atoms with E-state index in [1.165, 1.54) is 0 Å². The first-order chi connectivity index (χ1) is 7.56. The monoisotopic (exact) mass is 234 g/mol. The van der Waals surface area contributed by atoms with Gasteiger partial charge in [0.1, 0.15) is 0 Å². The molecule has 5 heteroatoms. The number of rotatable bonds is 3. The van der Waals surface area contributed by atoms with Gasteiger partial charge in [-0.3, -0.25) is 0 Å². The van der Waals surface area contributed by atoms with E-state index in [4.69, 9.17) is 0 Å². The van der Waals surface area contributed by atoms with Crippen molar-refractivity contribution in [2.75, 3.05) is 0 Å². The lowest BCUT2D eigenvalue weighted by atomic mass is 10.0. The van der Waals surface area contributed by atoms with Gasteiger partial charge in [0.05, 0.1) is 10.9 Å². The Balaban J connectivity index is 2.28. The standard InChI is InChI=1S/C11H18N4Si/c1-11(2,3)8-16(9-12-4-5-13-9)10-14-6-7-15-10/h4-7,16H,8H2,1-3H3,(H,12,13)(H,14,15). The molecule has 0 unspecified atom stereocenters. The van der Waals surface area contributed by atoms with Crippen LogP contribution in [0, 0.1) is 5.41 Å². The fourth-order valence-corrected chi connectivity index (χ4v) is 4.87. The molecule has 4 nitrogen and oxygen atoms in total. The Morgan fingerprint density at radius 2 is 1.56 bits per heavy atom. The molecule has 2 N–H and O–H groups in total. The molecule has 0 aliphatic rings. The molecule has 2 rings (SSSR count). The Bertz CT molecular complexity index is 379. The van der Waals surface area contributed by atoms with E-state index in [-0.39, 0.29) is 0 Å². The highest BCUT2D eigenvalue weighted by atomic mass is 28.3. The van der Waals surface area contributed by atoms with E-state index in [0.29, 0.717) is 5.41 Å². The zero-order valence-electron chi connectivity index (χ0n) is 9.99. The van der Waals surface area contributed by atoms with Crippen molar-refractivity contribution < 1.29 is 0 Å². The highest BCUT2D eigenvalue weighted by Crippen LogP contribution is 2.20. The van der Waals surface area contributed by atoms with Crippen LogP contribution in [0.25, 0.3) is 0 Å². The molecule has 0 aliphatic carbocycles. The Morgan fingerprint density at radius 3 is 1.88 bits per heavy atom. The van der Waals surface area contributed by atoms with Gasteiger partial charge in [-0.2, -0.15) is 0 Å². The van der Waals surface area contributed by atoms with Crippen molar-refractivity contribution in [3.63, 3.8) is 0 Å². The smallest absolute Gasteiger partial charge is 0.192 e. The molecule has 0 bridgehead atoms. The molecule has 0 atom stereocenters. The maximum Gasteiger partial charge on any atom is 0.192 e. The summed E-state index contributed by atoms with van der Waals surface area (Å²) in [5.41, 5.74) is 2.53. The van der Waals surface area contributed by atoms with E-state index >= 15 is 0 Å². The Morgan fingerprint density at radius 1 is 1.06 bits per heavy atom. The van der Waals surface area contributed by atoms with Crippen LogP contribution < -0.4 is 10.9 Å². The second kappa shape index (κ2) is 4.25. The van der Waals surface area contributed by atoms with Crippen LogP contribution in [-0.2, 0) is 0 Å². The summed E-state index contributed by atoms with van der Waals surface area (Å²) in [6, 6.07) is 1.15. The molecule has 16 heavy (non-hydrogen) atoms. The van der Waals surface area contributed by atoms with Crippen LogP contribution in [0.4, 0.5) is 0 Å². The minimum atomic E-state index is -1.31. The van der Waals surface area contributed by atoms with E-state index < -0.39 is 8.80 Å². The minimum Gasteiger partial charge on any atom is -0.352 e. The lowest BCUT2D eigenvalue weighted by molar-refractivity contribution is 0.465. The summed E-state index contributed by atoms with van der Waals surface area (Å²) in [6.45, 7) is 6.79. The quantitative estimate of drug-likeness (QED) is 0.761. The molecule has 0 aliphatic heterocycles. The molecule has 2 heterocycles. The van der Waals surface area contributed by atoms with Crippen molar-refractivity contribution in [2.45, 2.75) is 26.8 Å². The first kappa shape index (κ1) is 11.1. The van der Waals surface area contributed by atoms with Gasteiger partial charge in [0.2, 0.25) is 0 Å². The molecule has 0 radical (unpaired) electrons. The van der Waals surface area contributed by atoms with E-state index in [9.17, 15) is 0 Å². The normalized spacial score (nSPS) is 12.2. The van der Waals surface area contributed by atoms with Crippen molar-refractivity contribution in [2.24, 2.45) is 5.41 Å². The molecule has 86 valence electrons. The lowest BCUT2D eigenvalue weighted by Gasteiger charge is -2.22. The number of imidazole rings is 2. The summed E-state index contributed by atoms with van der Waals surface area (Å²) in [7, 11) is -1.31. The van der Waals surface area contributed by atoms with Crippen LogP contribution >= 0.6 is 0 Å². The SMILES string of the molecule is CC(C)(C)C[SiH](c1ncc[nH]1)c1ncc[nH]1. The molecule has 0 saturated heterocycles. The number of hydrogen-bond acceptors (Lipinski definition) is 2. The molecule has 0 saturated carbocycles. The second-order valence-electron chi connectivity index (χ2n) is 5.27. The fourth-order valence-electron chi connectivity index (χ4n) is 1.87. The van der Waals surface area contributed by atoms with Crippen LogP contribution in [0.5, 0.6) is 0 Å². The van der Waals surface area contributed by atoms with E-state index in [0.717, 1.165) is 16.9 Å². The molecule has 2 aromatic rings. The van der Waals surface area contributed by atoms with Gasteiger partial charge in [0.15, 0.2) is 8.80 Å². The van der Waals surface area contributed by atoms with Crippen molar-refractivity contribution >= 4 is 19.7 Å². The van der Waals surface area contributed by atoms with Crippen LogP contribution in [-0.4, -0.2) is 28.7 Å². The topological polar surface area (TPSA) is 57.4 Å². The summed E-state index contributed by atoms with van der Waals surface area (Å²) in [5.74, 6) is 0. The van der Waals surface area contributed by atoms with Gasteiger partial charge in [-0.25, -0.2) is 9.97 Å². The predicted molar refractivity (Wildman–Crippen MR) is 67.9 cm³/mol. The van der Waals surface area contributed by atoms with Gasteiger partial charge in [0.25, 0.3) is 0 Å². The average molecular weight is 234 g/mol. The zero-order chi connectivity index (χ0) is 11.6. The van der Waals surface area contributed by atoms with Gasteiger partial charge < -0.3 is 9.97 Å². The third kappa shape index (κ3) is 2.60. The number of aromatic amines is 2. The van der Waals surface area contributed by atoms with Crippen molar-refractivity contribution in [1.29, 1.82) is 0 Å². The maximum absolute atomic E-state index is 4.40. The van der Waals surface area contributed by atoms with Crippen LogP contribution in [0.15, 0.2) is 24.8 Å². The van der Waals surface area contributed by atoms with Crippen LogP contribution in [0.2, 0.25) is 6.04 Å². The van der Waals surface area contributed by atoms with Crippen LogP contribution in [0.3, 0.4) is 0 Å². The largest absolute Gasteiger partial charge is 0.352 e. The molecule has 0 spiro atoms. The molecule has 0 aromatic carbocycles. The van der Waals surface area contributed by atoms with Gasteiger partial charge >= 0.3 is 0 Å². The van der Waals surface area contributed by atoms with Gasteiger partial charge in [-0.1, -0.05) is 20.8 Å². The molecule has 0 fully saturated rings. The van der Waals surface area contributed by atoms with Gasteiger partial charge in [-0.15, -0.1) is 0 Å². The molecular formula is C11H18N4Si. The number of H-pyrrole nitrogens is 2. The lowest BCUT2D eigenvalue weighted by Crippen LogP contribution is -2.48. The zero-order valence-corrected chi connectivity index (χ0v) is 11.1. The number of nitrogens with one attached hydrogen (secondary N) is 2. The number of hydrogen-bond donors (Lipinski definition) is 2. The minimum absolute atomic E-state index is 0.302. The summed E-state index contributed by atoms with van der Waals surface area (Å²) < 4.78 is 0. The van der Waals surface area contributed by atoms with Crippen molar-refractivity contribution in [1.82, 2.24) is 19.9 Å². The Hall–Kier alpha value is -1.36. The first-order valence-electron chi connectivity index (χ1n) is 5.55. The maximum atomic E-state index is 4.40. The van der Waals surface area contributed by atoms with Crippen molar-refractivity contribution in [3.8, 4) is 0 Å². The van der Waals surface area contributed by atoms with Crippen LogP contribution in [0.1, 0.15) is 20.8 Å². The first-order valence-corrected chi connectivity index (χ1v) is 7.52. The third-order valence-electron chi connectivity index (χ3n) is 2.52. The summed E-state index contributed by atoms with van der Waals surface area (Å²) in [5, 5.41) is 0. The summed E-state index contributed by atoms with van der Waals surface area (Å²) in [6.07, 6.45) is 7.42. The van der Waals surface area contributed by atoms with Crippen molar-refractivity contribution in [3.05, 3.63) is 24.8 Å². The summed E-state index contributed by atoms with van der Waals surface area (Å²) >= 11 is 0. The molecule has 2 aromatic heterocycles. The molecule has 0 amide bonds. The Kier molecular flexibility index (Phi) is 2.96. The third-order valence-corrected chi connectivity index (χ3v) is 6.10. The summed E-state index contributed by atoms with van der Waals surface area (Å²) in [4.78, 5) is 15.3. The van der Waals surface area contributed by atoms with E-state index in [1.54, 1.807) is 0 Å². The van der Waals surface area contributed by atoms with Gasteiger partial charge in [-0.05, 0) is 11.5 Å². The predicted octanol–water partition coefficient (Wildman–Crippen LogP) is 0.520. The fraction of sp³-hybridized carbons (Fsp3) is 0.455. The highest BCUT2D eigenvalue weighted by Gasteiger charge is 2.27. The Labute approximate surface area is 97.1 Å². The number of nitrogens with zero attached hydrogens (tertiary/aromatic N) is 2. The van der Waals surface area contributed by atoms with E-state index in [1.807, 2.05) is 24.8 Å². The highest BCUT2D eigenvalue weighted by molar-refractivity contribution is 6.82. The van der Waals surface area contributed by atoms with Gasteiger partial charge in [0, 0.05) is 24.8 Å². The number of aromatic nitrogens is 4. The second-order valence-corrected chi connectivity index (χ2v) is 7.87. The van der Waals surface area contributed by atoms with E-state index in [2.05, 4.69) is 40.7 Å².